The van der Waals surface area contributed by atoms with Gasteiger partial charge >= 0.3 is 0 Å². The molecule has 0 spiro atoms. The van der Waals surface area contributed by atoms with Crippen LogP contribution in [0.2, 0.25) is 0 Å². The summed E-state index contributed by atoms with van der Waals surface area (Å²) >= 11 is 0. The number of hydrogen-bond donors (Lipinski definition) is 2. The topological polar surface area (TPSA) is 144 Å². The van der Waals surface area contributed by atoms with Gasteiger partial charge in [-0.25, -0.2) is 13.4 Å². The Morgan fingerprint density at radius 3 is 2.65 bits per heavy atom. The molecule has 2 aromatic rings. The fourth-order valence-corrected chi connectivity index (χ4v) is 8.24. The quantitative estimate of drug-likeness (QED) is 0.448. The third-order valence-electron chi connectivity index (χ3n) is 10.2. The van der Waals surface area contributed by atoms with E-state index in [0.29, 0.717) is 30.4 Å². The van der Waals surface area contributed by atoms with Gasteiger partial charge in [0.1, 0.15) is 23.4 Å². The number of rotatable bonds is 6. The molecule has 11 nitrogen and oxygen atoms in total. The molecule has 3 amide bonds. The predicted molar refractivity (Wildman–Crippen MR) is 172 cm³/mol. The maximum atomic E-state index is 14.1. The van der Waals surface area contributed by atoms with Crippen LogP contribution in [0.25, 0.3) is 10.8 Å². The number of hydrogen-bond acceptors (Lipinski definition) is 8. The number of methoxy groups -OCH3 is 1. The van der Waals surface area contributed by atoms with Gasteiger partial charge in [0.05, 0.1) is 18.4 Å². The Hall–Kier alpha value is -3.67. The lowest BCUT2D eigenvalue weighted by Crippen LogP contribution is -2.57. The number of aromatic nitrogens is 1. The zero-order valence-electron chi connectivity index (χ0n) is 27.0. The van der Waals surface area contributed by atoms with Crippen molar-refractivity contribution in [1.82, 2.24) is 19.9 Å². The number of fused-ring (bicyclic) bond motifs is 3. The van der Waals surface area contributed by atoms with Crippen molar-refractivity contribution in [3.8, 4) is 11.6 Å². The van der Waals surface area contributed by atoms with Gasteiger partial charge in [-0.15, -0.1) is 0 Å². The lowest BCUT2D eigenvalue weighted by atomic mass is 9.91. The normalized spacial score (nSPS) is 31.8. The summed E-state index contributed by atoms with van der Waals surface area (Å²) in [5.41, 5.74) is -1.41. The van der Waals surface area contributed by atoms with Gasteiger partial charge in [-0.2, -0.15) is 0 Å². The van der Waals surface area contributed by atoms with Crippen molar-refractivity contribution in [1.29, 1.82) is 0 Å². The van der Waals surface area contributed by atoms with Crippen molar-refractivity contribution in [2.75, 3.05) is 13.7 Å². The van der Waals surface area contributed by atoms with E-state index in [9.17, 15) is 22.8 Å². The number of nitrogens with one attached hydrogen (secondary N) is 2. The molecule has 2 aliphatic heterocycles. The summed E-state index contributed by atoms with van der Waals surface area (Å²) in [4.78, 5) is 47.5. The van der Waals surface area contributed by atoms with Crippen molar-refractivity contribution < 1.29 is 32.3 Å². The Labute approximate surface area is 270 Å². The number of benzene rings is 1. The molecule has 0 unspecified atom stereocenters. The van der Waals surface area contributed by atoms with E-state index in [1.54, 1.807) is 25.1 Å². The third kappa shape index (κ3) is 6.32. The van der Waals surface area contributed by atoms with Crippen LogP contribution < -0.4 is 19.5 Å². The highest BCUT2D eigenvalue weighted by atomic mass is 32.2. The molecule has 6 rings (SSSR count). The summed E-state index contributed by atoms with van der Waals surface area (Å²) in [6.45, 7) is 6.03. The molecule has 12 heteroatoms. The van der Waals surface area contributed by atoms with Gasteiger partial charge in [0, 0.05) is 30.3 Å². The summed E-state index contributed by atoms with van der Waals surface area (Å²) < 4.78 is 39.0. The van der Waals surface area contributed by atoms with Crippen molar-refractivity contribution in [2.45, 2.75) is 94.6 Å². The van der Waals surface area contributed by atoms with Gasteiger partial charge < -0.3 is 19.7 Å². The second-order valence-corrected chi connectivity index (χ2v) is 16.2. The van der Waals surface area contributed by atoms with Crippen LogP contribution in [0.4, 0.5) is 0 Å². The number of carbonyl (C=O) groups excluding carboxylic acids is 3. The van der Waals surface area contributed by atoms with Gasteiger partial charge in [-0.3, -0.25) is 19.1 Å². The number of carbonyl (C=O) groups is 3. The molecule has 3 heterocycles. The molecule has 2 aliphatic carbocycles. The van der Waals surface area contributed by atoms with Crippen LogP contribution >= 0.6 is 0 Å². The first kappa shape index (κ1) is 32.3. The van der Waals surface area contributed by atoms with Crippen LogP contribution in [-0.2, 0) is 24.4 Å². The second kappa shape index (κ2) is 12.2. The summed E-state index contributed by atoms with van der Waals surface area (Å²) in [5.74, 6) is -0.124. The van der Waals surface area contributed by atoms with E-state index < -0.39 is 44.3 Å². The van der Waals surface area contributed by atoms with Crippen molar-refractivity contribution >= 4 is 38.5 Å². The van der Waals surface area contributed by atoms with Crippen LogP contribution in [0, 0.1) is 17.8 Å². The van der Waals surface area contributed by atoms with E-state index in [2.05, 4.69) is 28.9 Å². The molecule has 6 atom stereocenters. The zero-order valence-corrected chi connectivity index (χ0v) is 27.8. The Kier molecular flexibility index (Phi) is 8.54. The minimum Gasteiger partial charge on any atom is -0.497 e. The first-order valence-corrected chi connectivity index (χ1v) is 17.8. The average molecular weight is 653 g/mol. The van der Waals surface area contributed by atoms with E-state index >= 15 is 0 Å². The molecule has 46 heavy (non-hydrogen) atoms. The van der Waals surface area contributed by atoms with E-state index in [0.717, 1.165) is 30.0 Å². The molecule has 0 radical (unpaired) electrons. The Morgan fingerprint density at radius 2 is 1.91 bits per heavy atom. The van der Waals surface area contributed by atoms with Crippen molar-refractivity contribution in [3.63, 3.8) is 0 Å². The van der Waals surface area contributed by atoms with Gasteiger partial charge in [-0.1, -0.05) is 26.0 Å². The first-order chi connectivity index (χ1) is 21.8. The largest absolute Gasteiger partial charge is 0.497 e. The summed E-state index contributed by atoms with van der Waals surface area (Å²) in [6, 6.07) is 6.54. The van der Waals surface area contributed by atoms with Crippen molar-refractivity contribution in [3.05, 3.63) is 42.6 Å². The molecule has 1 saturated heterocycles. The second-order valence-electron chi connectivity index (χ2n) is 14.1. The minimum atomic E-state index is -3.91. The minimum absolute atomic E-state index is 0.120. The van der Waals surface area contributed by atoms with E-state index in [1.165, 1.54) is 0 Å². The van der Waals surface area contributed by atoms with Crippen LogP contribution in [-0.4, -0.2) is 72.1 Å². The SMILES string of the molecule is COc1ccc2c(O[C@@H]3C[C@H]4C(=O)N[C@]5(C(=O)NS(=O)(=O)C6(C)CC6)C[C@H]5/C=C\CC[C@H](C)C[C@@H](C)CC(=O)N4C3)nccc2c1. The standard InChI is InChI=1S/C34H44N4O7S/c1-21-7-5-6-8-24-19-34(24,32(41)37-46(42,43)33(3)12-13-33)36-30(40)28-18-26(20-38(28)29(39)16-22(2)15-21)45-31-27-10-9-25(44-4)17-23(27)11-14-35-31/h6,8-11,14,17,21-22,24,26,28H,5,7,12-13,15-16,18-20H2,1-4H3,(H,36,40)(H,37,41)/b8-6-/t21-,22+,24+,26+,28-,34+/m0/s1. The van der Waals surface area contributed by atoms with Gasteiger partial charge in [0.15, 0.2) is 0 Å². The summed E-state index contributed by atoms with van der Waals surface area (Å²) in [5, 5.41) is 4.58. The first-order valence-electron chi connectivity index (χ1n) is 16.3. The van der Waals surface area contributed by atoms with Gasteiger partial charge in [0.2, 0.25) is 27.7 Å². The predicted octanol–water partition coefficient (Wildman–Crippen LogP) is 3.87. The number of amides is 3. The summed E-state index contributed by atoms with van der Waals surface area (Å²) in [6.07, 6.45) is 9.38. The van der Waals surface area contributed by atoms with Crippen LogP contribution in [0.1, 0.15) is 72.1 Å². The molecule has 1 aromatic carbocycles. The number of sulfonamides is 1. The Bertz CT molecular complexity index is 1670. The highest BCUT2D eigenvalue weighted by Gasteiger charge is 2.63. The molecule has 2 saturated carbocycles. The fraction of sp³-hybridized carbons (Fsp3) is 0.588. The summed E-state index contributed by atoms with van der Waals surface area (Å²) in [7, 11) is -2.31. The molecular formula is C34H44N4O7S. The third-order valence-corrected chi connectivity index (χ3v) is 12.4. The lowest BCUT2D eigenvalue weighted by Gasteiger charge is -2.28. The number of ether oxygens (including phenoxy) is 2. The van der Waals surface area contributed by atoms with E-state index in [1.807, 2.05) is 36.4 Å². The van der Waals surface area contributed by atoms with E-state index in [4.69, 9.17) is 9.47 Å². The molecular weight excluding hydrogens is 608 g/mol. The number of pyridine rings is 1. The van der Waals surface area contributed by atoms with E-state index in [-0.39, 0.29) is 43.6 Å². The molecule has 2 N–H and O–H groups in total. The number of nitrogens with zero attached hydrogens (tertiary/aromatic N) is 2. The van der Waals surface area contributed by atoms with Crippen LogP contribution in [0.15, 0.2) is 42.6 Å². The highest BCUT2D eigenvalue weighted by Crippen LogP contribution is 2.47. The average Bonchev–Trinajstić information content (AvgIpc) is 3.88. The van der Waals surface area contributed by atoms with Crippen molar-refractivity contribution in [2.24, 2.45) is 17.8 Å². The van der Waals surface area contributed by atoms with Crippen LogP contribution in [0.3, 0.4) is 0 Å². The smallest absolute Gasteiger partial charge is 0.259 e. The maximum absolute atomic E-state index is 14.1. The van der Waals surface area contributed by atoms with Gasteiger partial charge in [0.25, 0.3) is 5.91 Å². The van der Waals surface area contributed by atoms with Crippen LogP contribution in [0.5, 0.6) is 11.6 Å². The Balaban J connectivity index is 1.28. The monoisotopic (exact) mass is 652 g/mol. The molecule has 248 valence electrons. The fourth-order valence-electron chi connectivity index (χ4n) is 6.92. The number of allylic oxidation sites excluding steroid dienone is 1. The molecule has 0 bridgehead atoms. The molecule has 3 fully saturated rings. The highest BCUT2D eigenvalue weighted by molar-refractivity contribution is 7.91. The zero-order chi connectivity index (χ0) is 32.9. The molecule has 4 aliphatic rings. The lowest BCUT2D eigenvalue weighted by molar-refractivity contribution is -0.140. The maximum Gasteiger partial charge on any atom is 0.259 e. The Morgan fingerprint density at radius 1 is 1.13 bits per heavy atom. The molecule has 1 aromatic heterocycles. The van der Waals surface area contributed by atoms with Gasteiger partial charge in [-0.05, 0) is 86.9 Å².